The first-order valence-corrected chi connectivity index (χ1v) is 5.15. The summed E-state index contributed by atoms with van der Waals surface area (Å²) in [6.45, 7) is 0. The Balaban J connectivity index is 2.26. The Morgan fingerprint density at radius 3 is 2.60 bits per heavy atom. The molecule has 0 nitrogen and oxygen atoms in total. The number of hydrogen-bond donors (Lipinski definition) is 0. The van der Waals surface area contributed by atoms with E-state index in [0.29, 0.717) is 0 Å². The molecule has 0 saturated heterocycles. The molecule has 15 heavy (non-hydrogen) atoms. The van der Waals surface area contributed by atoms with Gasteiger partial charge in [-0.15, -0.1) is 5.98 Å². The molecule has 69 valence electrons. The summed E-state index contributed by atoms with van der Waals surface area (Å²) in [5.41, 5.74) is 2.62. The molecule has 0 N–H and O–H groups in total. The van der Waals surface area contributed by atoms with Crippen LogP contribution in [0.2, 0.25) is 0 Å². The lowest BCUT2D eigenvalue weighted by Gasteiger charge is -2.06. The maximum Gasteiger partial charge on any atom is 0.182 e. The minimum atomic E-state index is 1.30. The van der Waals surface area contributed by atoms with Gasteiger partial charge in [-0.2, -0.15) is 0 Å². The summed E-state index contributed by atoms with van der Waals surface area (Å²) >= 11 is 0. The zero-order chi connectivity index (χ0) is 10.1. The second kappa shape index (κ2) is 3.43. The first-order valence-electron chi connectivity index (χ1n) is 5.15. The lowest BCUT2D eigenvalue weighted by molar-refractivity contribution is 1.70. The van der Waals surface area contributed by atoms with Crippen molar-refractivity contribution in [1.29, 1.82) is 0 Å². The molecular formula is C14H10B. The molecule has 2 aromatic carbocycles. The zero-order valence-corrected chi connectivity index (χ0v) is 8.35. The molecule has 0 fully saturated rings. The van der Waals surface area contributed by atoms with Gasteiger partial charge in [0.15, 0.2) is 7.28 Å². The van der Waals surface area contributed by atoms with Crippen molar-refractivity contribution < 1.29 is 0 Å². The predicted octanol–water partition coefficient (Wildman–Crippen LogP) is 3.41. The molecule has 0 bridgehead atoms. The molecule has 1 heterocycles. The van der Waals surface area contributed by atoms with Gasteiger partial charge in [0.1, 0.15) is 0 Å². The van der Waals surface area contributed by atoms with Gasteiger partial charge in [-0.25, -0.2) is 0 Å². The van der Waals surface area contributed by atoms with Crippen LogP contribution in [0.1, 0.15) is 5.56 Å². The highest BCUT2D eigenvalue weighted by molar-refractivity contribution is 6.67. The third kappa shape index (κ3) is 1.40. The molecule has 1 aliphatic heterocycles. The quantitative estimate of drug-likeness (QED) is 0.603. The molecule has 1 radical (unpaired) electrons. The molecule has 0 spiro atoms. The summed E-state index contributed by atoms with van der Waals surface area (Å²) < 4.78 is 0. The number of benzene rings is 2. The Morgan fingerprint density at radius 1 is 0.867 bits per heavy atom. The maximum atomic E-state index is 2.18. The molecule has 0 aromatic heterocycles. The Bertz CT molecular complexity index is 559. The van der Waals surface area contributed by atoms with Gasteiger partial charge in [0.25, 0.3) is 0 Å². The smallest absolute Gasteiger partial charge is 0.116 e. The molecule has 2 aromatic rings. The number of fused-ring (bicyclic) bond motifs is 1. The monoisotopic (exact) mass is 189 g/mol. The fourth-order valence-corrected chi connectivity index (χ4v) is 2.03. The molecule has 0 aliphatic carbocycles. The average molecular weight is 189 g/mol. The van der Waals surface area contributed by atoms with E-state index in [1.54, 1.807) is 0 Å². The van der Waals surface area contributed by atoms with Crippen LogP contribution in [0.15, 0.2) is 60.6 Å². The van der Waals surface area contributed by atoms with E-state index < -0.39 is 0 Å². The third-order valence-corrected chi connectivity index (χ3v) is 2.76. The van der Waals surface area contributed by atoms with Gasteiger partial charge in [-0.3, -0.25) is 0 Å². The summed E-state index contributed by atoms with van der Waals surface area (Å²) in [6.07, 6.45) is 4.23. The van der Waals surface area contributed by atoms with Crippen LogP contribution in [0.5, 0.6) is 0 Å². The minimum Gasteiger partial charge on any atom is -0.116 e. The van der Waals surface area contributed by atoms with Crippen molar-refractivity contribution in [1.82, 2.24) is 0 Å². The van der Waals surface area contributed by atoms with Crippen LogP contribution < -0.4 is 0 Å². The predicted molar refractivity (Wildman–Crippen MR) is 66.8 cm³/mol. The molecule has 3 rings (SSSR count). The van der Waals surface area contributed by atoms with Crippen LogP contribution in [0.4, 0.5) is 0 Å². The fourth-order valence-electron chi connectivity index (χ4n) is 2.03. The van der Waals surface area contributed by atoms with E-state index in [0.717, 1.165) is 0 Å². The van der Waals surface area contributed by atoms with Crippen molar-refractivity contribution in [3.05, 3.63) is 66.2 Å². The summed E-state index contributed by atoms with van der Waals surface area (Å²) in [6, 6.07) is 15.0. The van der Waals surface area contributed by atoms with Crippen molar-refractivity contribution >= 4 is 23.5 Å². The average Bonchev–Trinajstić information content (AvgIpc) is 2.82. The first-order chi connectivity index (χ1) is 7.45. The van der Waals surface area contributed by atoms with Crippen LogP contribution >= 0.6 is 0 Å². The summed E-state index contributed by atoms with van der Waals surface area (Å²) in [4.78, 5) is 0. The summed E-state index contributed by atoms with van der Waals surface area (Å²) in [5.74, 6) is 2.08. The van der Waals surface area contributed by atoms with Gasteiger partial charge in [0.2, 0.25) is 0 Å². The lowest BCUT2D eigenvalue weighted by atomic mass is 9.69. The Kier molecular flexibility index (Phi) is 1.95. The van der Waals surface area contributed by atoms with Gasteiger partial charge < -0.3 is 0 Å². The Morgan fingerprint density at radius 2 is 1.73 bits per heavy atom. The summed E-state index contributed by atoms with van der Waals surface area (Å²) in [7, 11) is 2.15. The van der Waals surface area contributed by atoms with Crippen LogP contribution in [0.25, 0.3) is 16.2 Å². The molecule has 1 heteroatoms. The Labute approximate surface area is 90.2 Å². The minimum absolute atomic E-state index is 1.30. The van der Waals surface area contributed by atoms with Gasteiger partial charge in [0.05, 0.1) is 0 Å². The first kappa shape index (κ1) is 8.54. The van der Waals surface area contributed by atoms with E-state index >= 15 is 0 Å². The molecular weight excluding hydrogens is 179 g/mol. The second-order valence-corrected chi connectivity index (χ2v) is 3.70. The highest BCUT2D eigenvalue weighted by atomic mass is 14.0. The topological polar surface area (TPSA) is 0 Å². The van der Waals surface area contributed by atoms with Crippen LogP contribution in [0.3, 0.4) is 0 Å². The molecule has 0 unspecified atom stereocenters. The maximum absolute atomic E-state index is 2.18. The molecule has 1 aliphatic rings. The SMILES string of the molecule is [B]1C=CC=C1c1cccc2ccccc12. The standard InChI is InChI=1S/C14H10B/c1-2-7-12-11(5-1)6-3-8-13(12)14-9-4-10-15-14/h1-10H. The highest BCUT2D eigenvalue weighted by Gasteiger charge is 2.07. The molecule has 0 amide bonds. The molecule has 0 saturated carbocycles. The second-order valence-electron chi connectivity index (χ2n) is 3.70. The number of rotatable bonds is 1. The van der Waals surface area contributed by atoms with Crippen molar-refractivity contribution in [2.45, 2.75) is 0 Å². The number of allylic oxidation sites excluding steroid dienone is 2. The van der Waals surface area contributed by atoms with Crippen molar-refractivity contribution in [3.8, 4) is 0 Å². The molecule has 0 atom stereocenters. The van der Waals surface area contributed by atoms with Gasteiger partial charge in [0, 0.05) is 0 Å². The van der Waals surface area contributed by atoms with E-state index in [2.05, 4.69) is 67.9 Å². The summed E-state index contributed by atoms with van der Waals surface area (Å²) in [5, 5.41) is 2.63. The van der Waals surface area contributed by atoms with E-state index in [9.17, 15) is 0 Å². The lowest BCUT2D eigenvalue weighted by Crippen LogP contribution is -1.90. The number of hydrogen-bond acceptors (Lipinski definition) is 0. The van der Waals surface area contributed by atoms with E-state index in [1.165, 1.54) is 21.8 Å². The largest absolute Gasteiger partial charge is 0.182 e. The van der Waals surface area contributed by atoms with Gasteiger partial charge in [-0.1, -0.05) is 60.1 Å². The van der Waals surface area contributed by atoms with Crippen molar-refractivity contribution in [3.63, 3.8) is 0 Å². The van der Waals surface area contributed by atoms with E-state index in [1.807, 2.05) is 0 Å². The van der Waals surface area contributed by atoms with E-state index in [4.69, 9.17) is 0 Å². The van der Waals surface area contributed by atoms with Crippen molar-refractivity contribution in [2.24, 2.45) is 0 Å². The zero-order valence-electron chi connectivity index (χ0n) is 8.35. The van der Waals surface area contributed by atoms with Crippen molar-refractivity contribution in [2.75, 3.05) is 0 Å². The fraction of sp³-hybridized carbons (Fsp3) is 0. The van der Waals surface area contributed by atoms with Gasteiger partial charge in [-0.05, 0) is 16.3 Å². The highest BCUT2D eigenvalue weighted by Crippen LogP contribution is 2.26. The van der Waals surface area contributed by atoms with E-state index in [-0.39, 0.29) is 0 Å². The third-order valence-electron chi connectivity index (χ3n) is 2.76. The van der Waals surface area contributed by atoms with Crippen LogP contribution in [0, 0.1) is 0 Å². The Hall–Kier alpha value is -1.76. The van der Waals surface area contributed by atoms with Crippen LogP contribution in [-0.4, -0.2) is 7.28 Å². The van der Waals surface area contributed by atoms with Gasteiger partial charge >= 0.3 is 0 Å². The normalized spacial score (nSPS) is 14.0. The van der Waals surface area contributed by atoms with Crippen LogP contribution in [-0.2, 0) is 0 Å².